The molecule has 24 heavy (non-hydrogen) atoms. The Hall–Kier alpha value is -1.84. The van der Waals surface area contributed by atoms with Gasteiger partial charge in [-0.25, -0.2) is 0 Å². The van der Waals surface area contributed by atoms with Crippen molar-refractivity contribution in [1.82, 2.24) is 0 Å². The smallest absolute Gasteiger partial charge is 0.307 e. The molecule has 0 amide bonds. The minimum atomic E-state index is -0.860. The molecular formula is C20H24O4. The number of aliphatic carboxylic acids is 1. The zero-order valence-corrected chi connectivity index (χ0v) is 14.0. The van der Waals surface area contributed by atoms with Crippen molar-refractivity contribution in [2.24, 2.45) is 17.3 Å². The van der Waals surface area contributed by atoms with Gasteiger partial charge in [0.05, 0.1) is 6.42 Å². The van der Waals surface area contributed by atoms with Crippen molar-refractivity contribution in [3.63, 3.8) is 0 Å². The van der Waals surface area contributed by atoms with Crippen molar-refractivity contribution in [2.75, 3.05) is 0 Å². The third kappa shape index (κ3) is 2.19. The second-order valence-corrected chi connectivity index (χ2v) is 8.08. The number of hydrogen-bond donors (Lipinski definition) is 2. The van der Waals surface area contributed by atoms with Crippen LogP contribution in [0.15, 0.2) is 12.1 Å². The van der Waals surface area contributed by atoms with Crippen LogP contribution in [0.1, 0.15) is 61.6 Å². The Kier molecular flexibility index (Phi) is 3.48. The van der Waals surface area contributed by atoms with Crippen LogP contribution in [0.3, 0.4) is 0 Å². The van der Waals surface area contributed by atoms with Crippen LogP contribution in [0, 0.1) is 17.3 Å². The number of ketones is 1. The number of hydrogen-bond acceptors (Lipinski definition) is 3. The third-order valence-electron chi connectivity index (χ3n) is 6.94. The molecule has 4 nitrogen and oxygen atoms in total. The average molecular weight is 328 g/mol. The number of phenolic OH excluding ortho intramolecular Hbond substituents is 1. The van der Waals surface area contributed by atoms with Gasteiger partial charge in [0, 0.05) is 11.8 Å². The summed E-state index contributed by atoms with van der Waals surface area (Å²) in [4.78, 5) is 23.7. The fraction of sp³-hybridized carbons (Fsp3) is 0.600. The molecule has 0 spiro atoms. The van der Waals surface area contributed by atoms with E-state index in [9.17, 15) is 19.8 Å². The lowest BCUT2D eigenvalue weighted by molar-refractivity contribution is -0.136. The van der Waals surface area contributed by atoms with E-state index >= 15 is 0 Å². The molecule has 4 atom stereocenters. The van der Waals surface area contributed by atoms with E-state index in [2.05, 4.69) is 6.92 Å². The van der Waals surface area contributed by atoms with E-state index in [0.29, 0.717) is 30.0 Å². The van der Waals surface area contributed by atoms with Gasteiger partial charge in [0.2, 0.25) is 0 Å². The van der Waals surface area contributed by atoms with Crippen molar-refractivity contribution in [2.45, 2.75) is 57.8 Å². The van der Waals surface area contributed by atoms with Gasteiger partial charge >= 0.3 is 5.97 Å². The highest BCUT2D eigenvalue weighted by Gasteiger charge is 2.54. The minimum absolute atomic E-state index is 0.0409. The zero-order chi connectivity index (χ0) is 17.1. The van der Waals surface area contributed by atoms with Crippen LogP contribution >= 0.6 is 0 Å². The summed E-state index contributed by atoms with van der Waals surface area (Å²) >= 11 is 0. The largest absolute Gasteiger partial charge is 0.508 e. The highest BCUT2D eigenvalue weighted by molar-refractivity contribution is 5.87. The highest BCUT2D eigenvalue weighted by Crippen LogP contribution is 2.60. The van der Waals surface area contributed by atoms with Crippen LogP contribution in [-0.2, 0) is 22.4 Å². The van der Waals surface area contributed by atoms with Crippen LogP contribution in [-0.4, -0.2) is 22.0 Å². The SMILES string of the molecule is C[C@]12CC[C@@H]3c4c(cc(O)cc4CC(=O)O)CC[C@H]3[C@@H]1CCC2=O. The molecule has 2 saturated carbocycles. The summed E-state index contributed by atoms with van der Waals surface area (Å²) in [5.74, 6) is 0.978. The van der Waals surface area contributed by atoms with Crippen molar-refractivity contribution in [3.05, 3.63) is 28.8 Å². The summed E-state index contributed by atoms with van der Waals surface area (Å²) in [5.41, 5.74) is 2.87. The number of rotatable bonds is 2. The first-order valence-electron chi connectivity index (χ1n) is 9.00. The maximum atomic E-state index is 12.4. The molecule has 3 aliphatic rings. The molecular weight excluding hydrogens is 304 g/mol. The topological polar surface area (TPSA) is 74.6 Å². The van der Waals surface area contributed by atoms with E-state index in [0.717, 1.165) is 48.8 Å². The lowest BCUT2D eigenvalue weighted by Gasteiger charge is -2.48. The van der Waals surface area contributed by atoms with Crippen LogP contribution in [0.25, 0.3) is 0 Å². The van der Waals surface area contributed by atoms with E-state index in [1.54, 1.807) is 6.07 Å². The Morgan fingerprint density at radius 1 is 1.25 bits per heavy atom. The fourth-order valence-electron chi connectivity index (χ4n) is 5.89. The van der Waals surface area contributed by atoms with Crippen LogP contribution in [0.5, 0.6) is 5.75 Å². The predicted molar refractivity (Wildman–Crippen MR) is 89.1 cm³/mol. The van der Waals surface area contributed by atoms with Gasteiger partial charge in [0.15, 0.2) is 0 Å². The van der Waals surface area contributed by atoms with Gasteiger partial charge in [-0.1, -0.05) is 6.92 Å². The molecule has 0 saturated heterocycles. The molecule has 0 radical (unpaired) electrons. The average Bonchev–Trinajstić information content (AvgIpc) is 2.81. The van der Waals surface area contributed by atoms with Crippen molar-refractivity contribution >= 4 is 11.8 Å². The molecule has 3 aliphatic carbocycles. The quantitative estimate of drug-likeness (QED) is 0.872. The number of aryl methyl sites for hydroxylation is 1. The normalized spacial score (nSPS) is 34.4. The Labute approximate surface area is 141 Å². The van der Waals surface area contributed by atoms with Gasteiger partial charge in [-0.05, 0) is 78.7 Å². The fourth-order valence-corrected chi connectivity index (χ4v) is 5.89. The Morgan fingerprint density at radius 3 is 2.79 bits per heavy atom. The zero-order valence-electron chi connectivity index (χ0n) is 14.0. The van der Waals surface area contributed by atoms with E-state index in [-0.39, 0.29) is 17.6 Å². The van der Waals surface area contributed by atoms with E-state index in [1.165, 1.54) is 0 Å². The monoisotopic (exact) mass is 328 g/mol. The molecule has 2 N–H and O–H groups in total. The predicted octanol–water partition coefficient (Wildman–Crippen LogP) is 3.44. The number of carboxylic acids is 1. The molecule has 4 rings (SSSR count). The molecule has 0 bridgehead atoms. The summed E-state index contributed by atoms with van der Waals surface area (Å²) in [7, 11) is 0. The van der Waals surface area contributed by atoms with Gasteiger partial charge in [-0.15, -0.1) is 0 Å². The summed E-state index contributed by atoms with van der Waals surface area (Å²) in [6.07, 6.45) is 5.42. The van der Waals surface area contributed by atoms with E-state index < -0.39 is 5.97 Å². The third-order valence-corrected chi connectivity index (χ3v) is 6.94. The first-order chi connectivity index (χ1) is 11.4. The molecule has 0 unspecified atom stereocenters. The van der Waals surface area contributed by atoms with Gasteiger partial charge < -0.3 is 10.2 Å². The van der Waals surface area contributed by atoms with Crippen molar-refractivity contribution < 1.29 is 19.8 Å². The molecule has 1 aromatic rings. The number of fused-ring (bicyclic) bond motifs is 5. The number of benzene rings is 1. The van der Waals surface area contributed by atoms with Gasteiger partial charge in [0.25, 0.3) is 0 Å². The number of carboxylic acid groups (broad SMARTS) is 1. The molecule has 0 heterocycles. The lowest BCUT2D eigenvalue weighted by atomic mass is 9.55. The van der Waals surface area contributed by atoms with Gasteiger partial charge in [-0.3, -0.25) is 9.59 Å². The first kappa shape index (κ1) is 15.7. The standard InChI is InChI=1S/C20H24O4/c1-20-7-6-15-14(16(20)4-5-17(20)22)3-2-11-8-13(21)9-12(19(11)15)10-18(23)24/h8-9,14-16,21H,2-7,10H2,1H3,(H,23,24)/t14-,15+,16+,20+/m1/s1. The summed E-state index contributed by atoms with van der Waals surface area (Å²) in [5, 5.41) is 19.2. The summed E-state index contributed by atoms with van der Waals surface area (Å²) < 4.78 is 0. The molecule has 4 heteroatoms. The Morgan fingerprint density at radius 2 is 2.04 bits per heavy atom. The maximum absolute atomic E-state index is 12.4. The molecule has 0 aromatic heterocycles. The van der Waals surface area contributed by atoms with Crippen LogP contribution in [0.2, 0.25) is 0 Å². The van der Waals surface area contributed by atoms with Gasteiger partial charge in [0.1, 0.15) is 11.5 Å². The first-order valence-corrected chi connectivity index (χ1v) is 9.00. The van der Waals surface area contributed by atoms with Gasteiger partial charge in [-0.2, -0.15) is 0 Å². The Balaban J connectivity index is 1.77. The molecule has 2 fully saturated rings. The number of Topliss-reactive ketones (excluding diaryl/α,β-unsaturated/α-hetero) is 1. The molecule has 0 aliphatic heterocycles. The van der Waals surface area contributed by atoms with Crippen LogP contribution in [0.4, 0.5) is 0 Å². The molecule has 1 aromatic carbocycles. The van der Waals surface area contributed by atoms with E-state index in [4.69, 9.17) is 0 Å². The maximum Gasteiger partial charge on any atom is 0.307 e. The van der Waals surface area contributed by atoms with Crippen molar-refractivity contribution in [1.29, 1.82) is 0 Å². The number of carbonyl (C=O) groups excluding carboxylic acids is 1. The van der Waals surface area contributed by atoms with Crippen LogP contribution < -0.4 is 0 Å². The number of aromatic hydroxyl groups is 1. The lowest BCUT2D eigenvalue weighted by Crippen LogP contribution is -2.42. The highest BCUT2D eigenvalue weighted by atomic mass is 16.4. The second-order valence-electron chi connectivity index (χ2n) is 8.08. The van der Waals surface area contributed by atoms with Crippen molar-refractivity contribution in [3.8, 4) is 5.75 Å². The second kappa shape index (κ2) is 5.33. The summed E-state index contributed by atoms with van der Waals surface area (Å²) in [6, 6.07) is 3.44. The Bertz CT molecular complexity index is 723. The minimum Gasteiger partial charge on any atom is -0.508 e. The molecule has 128 valence electrons. The van der Waals surface area contributed by atoms with E-state index in [1.807, 2.05) is 6.07 Å². The summed E-state index contributed by atoms with van der Waals surface area (Å²) in [6.45, 7) is 2.15. The number of phenols is 1. The number of carbonyl (C=O) groups is 2.